The number of amides is 2. The number of nitrogens with zero attached hydrogens (tertiary/aromatic N) is 1. The average molecular weight is 339 g/mol. The van der Waals surface area contributed by atoms with Gasteiger partial charge in [-0.25, -0.2) is 4.98 Å². The maximum absolute atomic E-state index is 12.1. The van der Waals surface area contributed by atoms with E-state index in [9.17, 15) is 9.59 Å². The zero-order chi connectivity index (χ0) is 17.6. The molecule has 0 saturated carbocycles. The molecule has 2 N–H and O–H groups in total. The first-order chi connectivity index (χ1) is 12.2. The SMILES string of the molecule is COc1ccc(CNC(=O)CCC2Cc3ccccc3NC2=O)cn1. The van der Waals surface area contributed by atoms with Gasteiger partial charge in [-0.3, -0.25) is 9.59 Å². The molecule has 25 heavy (non-hydrogen) atoms. The number of benzene rings is 1. The Morgan fingerprint density at radius 2 is 2.16 bits per heavy atom. The van der Waals surface area contributed by atoms with Gasteiger partial charge in [-0.05, 0) is 30.0 Å². The van der Waals surface area contributed by atoms with Crippen LogP contribution in [0.1, 0.15) is 24.0 Å². The summed E-state index contributed by atoms with van der Waals surface area (Å²) in [5.74, 6) is 0.301. The molecular weight excluding hydrogens is 318 g/mol. The van der Waals surface area contributed by atoms with E-state index < -0.39 is 0 Å². The third-order valence-electron chi connectivity index (χ3n) is 4.33. The van der Waals surface area contributed by atoms with Gasteiger partial charge in [-0.2, -0.15) is 0 Å². The zero-order valence-corrected chi connectivity index (χ0v) is 14.1. The van der Waals surface area contributed by atoms with E-state index in [1.807, 2.05) is 30.3 Å². The molecule has 1 aromatic heterocycles. The van der Waals surface area contributed by atoms with Gasteiger partial charge in [0.1, 0.15) is 0 Å². The fourth-order valence-electron chi connectivity index (χ4n) is 2.88. The lowest BCUT2D eigenvalue weighted by Gasteiger charge is -2.24. The van der Waals surface area contributed by atoms with Crippen molar-refractivity contribution >= 4 is 17.5 Å². The van der Waals surface area contributed by atoms with E-state index in [-0.39, 0.29) is 17.7 Å². The number of hydrogen-bond donors (Lipinski definition) is 2. The van der Waals surface area contributed by atoms with Crippen LogP contribution in [-0.4, -0.2) is 23.9 Å². The largest absolute Gasteiger partial charge is 0.481 e. The summed E-state index contributed by atoms with van der Waals surface area (Å²) in [6, 6.07) is 11.4. The van der Waals surface area contributed by atoms with Gasteiger partial charge in [-0.1, -0.05) is 24.3 Å². The quantitative estimate of drug-likeness (QED) is 0.846. The molecule has 1 atom stereocenters. The van der Waals surface area contributed by atoms with Crippen molar-refractivity contribution in [3.63, 3.8) is 0 Å². The predicted octanol–water partition coefficient (Wildman–Crippen LogP) is 2.30. The van der Waals surface area contributed by atoms with Crippen LogP contribution in [0.15, 0.2) is 42.6 Å². The van der Waals surface area contributed by atoms with E-state index in [0.717, 1.165) is 16.8 Å². The Bertz CT molecular complexity index is 759. The van der Waals surface area contributed by atoms with Crippen LogP contribution in [-0.2, 0) is 22.6 Å². The minimum atomic E-state index is -0.164. The Hall–Kier alpha value is -2.89. The lowest BCUT2D eigenvalue weighted by molar-refractivity contribution is -0.122. The number of rotatable bonds is 6. The number of carbonyl (C=O) groups is 2. The van der Waals surface area contributed by atoms with E-state index in [1.165, 1.54) is 0 Å². The van der Waals surface area contributed by atoms with Crippen LogP contribution in [0.25, 0.3) is 0 Å². The lowest BCUT2D eigenvalue weighted by Crippen LogP contribution is -2.31. The fourth-order valence-corrected chi connectivity index (χ4v) is 2.88. The highest BCUT2D eigenvalue weighted by atomic mass is 16.5. The number of anilines is 1. The number of methoxy groups -OCH3 is 1. The van der Waals surface area contributed by atoms with Crippen molar-refractivity contribution in [2.24, 2.45) is 5.92 Å². The molecular formula is C19H21N3O3. The normalized spacial score (nSPS) is 15.9. The van der Waals surface area contributed by atoms with Crippen LogP contribution in [0, 0.1) is 5.92 Å². The van der Waals surface area contributed by atoms with Gasteiger partial charge >= 0.3 is 0 Å². The molecule has 0 saturated heterocycles. The van der Waals surface area contributed by atoms with Gasteiger partial charge < -0.3 is 15.4 Å². The number of carbonyl (C=O) groups excluding carboxylic acids is 2. The summed E-state index contributed by atoms with van der Waals surface area (Å²) in [7, 11) is 1.56. The Morgan fingerprint density at radius 3 is 2.92 bits per heavy atom. The van der Waals surface area contributed by atoms with Crippen LogP contribution < -0.4 is 15.4 Å². The number of nitrogens with one attached hydrogen (secondary N) is 2. The second kappa shape index (κ2) is 7.79. The number of ether oxygens (including phenoxy) is 1. The van der Waals surface area contributed by atoms with E-state index in [4.69, 9.17) is 4.74 Å². The van der Waals surface area contributed by atoms with Crippen molar-refractivity contribution < 1.29 is 14.3 Å². The Labute approximate surface area is 146 Å². The molecule has 0 fully saturated rings. The van der Waals surface area contributed by atoms with Gasteiger partial charge in [0.2, 0.25) is 17.7 Å². The highest BCUT2D eigenvalue weighted by molar-refractivity contribution is 5.96. The Morgan fingerprint density at radius 1 is 1.32 bits per heavy atom. The summed E-state index contributed by atoms with van der Waals surface area (Å²) in [6.45, 7) is 0.412. The Balaban J connectivity index is 1.46. The second-order valence-corrected chi connectivity index (χ2v) is 6.07. The molecule has 2 aromatic rings. The van der Waals surface area contributed by atoms with Crippen molar-refractivity contribution in [2.75, 3.05) is 12.4 Å². The summed E-state index contributed by atoms with van der Waals surface area (Å²) in [6.07, 6.45) is 3.21. The van der Waals surface area contributed by atoms with Gasteiger partial charge in [0.25, 0.3) is 0 Å². The summed E-state index contributed by atoms with van der Waals surface area (Å²) in [5, 5.41) is 5.77. The third kappa shape index (κ3) is 4.35. The monoisotopic (exact) mass is 339 g/mol. The van der Waals surface area contributed by atoms with E-state index in [2.05, 4.69) is 15.6 Å². The molecule has 0 aliphatic carbocycles. The zero-order valence-electron chi connectivity index (χ0n) is 14.1. The number of pyridine rings is 1. The number of para-hydroxylation sites is 1. The van der Waals surface area contributed by atoms with E-state index >= 15 is 0 Å². The molecule has 6 nitrogen and oxygen atoms in total. The van der Waals surface area contributed by atoms with E-state index in [0.29, 0.717) is 31.7 Å². The minimum Gasteiger partial charge on any atom is -0.481 e. The molecule has 2 heterocycles. The molecule has 1 unspecified atom stereocenters. The molecule has 1 aliphatic rings. The molecule has 0 bridgehead atoms. The van der Waals surface area contributed by atoms with Crippen LogP contribution in [0.2, 0.25) is 0 Å². The Kier molecular flexibility index (Phi) is 5.28. The summed E-state index contributed by atoms with van der Waals surface area (Å²) in [5.41, 5.74) is 2.90. The standard InChI is InChI=1S/C19H21N3O3/c1-25-18-9-6-13(12-21-18)11-20-17(23)8-7-15-10-14-4-2-3-5-16(14)22-19(15)24/h2-6,9,12,15H,7-8,10-11H2,1H3,(H,20,23)(H,22,24). The van der Waals surface area contributed by atoms with Crippen molar-refractivity contribution in [1.29, 1.82) is 0 Å². The molecule has 0 radical (unpaired) electrons. The highest BCUT2D eigenvalue weighted by Crippen LogP contribution is 2.27. The van der Waals surface area contributed by atoms with Crippen molar-refractivity contribution in [3.05, 3.63) is 53.7 Å². The summed E-state index contributed by atoms with van der Waals surface area (Å²) >= 11 is 0. The van der Waals surface area contributed by atoms with Gasteiger partial charge in [0, 0.05) is 36.8 Å². The first kappa shape index (κ1) is 17.0. The molecule has 1 aromatic carbocycles. The second-order valence-electron chi connectivity index (χ2n) is 6.07. The van der Waals surface area contributed by atoms with Gasteiger partial charge in [-0.15, -0.1) is 0 Å². The molecule has 3 rings (SSSR count). The first-order valence-electron chi connectivity index (χ1n) is 8.30. The maximum Gasteiger partial charge on any atom is 0.227 e. The molecule has 0 spiro atoms. The predicted molar refractivity (Wildman–Crippen MR) is 94.1 cm³/mol. The topological polar surface area (TPSA) is 80.3 Å². The minimum absolute atomic E-state index is 0.00847. The fraction of sp³-hybridized carbons (Fsp3) is 0.316. The van der Waals surface area contributed by atoms with E-state index in [1.54, 1.807) is 19.4 Å². The van der Waals surface area contributed by atoms with Crippen LogP contribution in [0.4, 0.5) is 5.69 Å². The van der Waals surface area contributed by atoms with Crippen molar-refractivity contribution in [2.45, 2.75) is 25.8 Å². The van der Waals surface area contributed by atoms with Gasteiger partial charge in [0.15, 0.2) is 0 Å². The van der Waals surface area contributed by atoms with Crippen LogP contribution in [0.5, 0.6) is 5.88 Å². The van der Waals surface area contributed by atoms with Crippen LogP contribution in [0.3, 0.4) is 0 Å². The molecule has 1 aliphatic heterocycles. The summed E-state index contributed by atoms with van der Waals surface area (Å²) in [4.78, 5) is 28.3. The number of fused-ring (bicyclic) bond motifs is 1. The van der Waals surface area contributed by atoms with Gasteiger partial charge in [0.05, 0.1) is 7.11 Å². The first-order valence-corrected chi connectivity index (χ1v) is 8.30. The van der Waals surface area contributed by atoms with Crippen molar-refractivity contribution in [1.82, 2.24) is 10.3 Å². The molecule has 130 valence electrons. The third-order valence-corrected chi connectivity index (χ3v) is 4.33. The number of hydrogen-bond acceptors (Lipinski definition) is 4. The van der Waals surface area contributed by atoms with Crippen molar-refractivity contribution in [3.8, 4) is 5.88 Å². The number of aromatic nitrogens is 1. The summed E-state index contributed by atoms with van der Waals surface area (Å²) < 4.78 is 5.00. The molecule has 2 amide bonds. The highest BCUT2D eigenvalue weighted by Gasteiger charge is 2.26. The average Bonchev–Trinajstić information content (AvgIpc) is 2.65. The smallest absolute Gasteiger partial charge is 0.227 e. The lowest BCUT2D eigenvalue weighted by atomic mass is 9.89. The van der Waals surface area contributed by atoms with Crippen LogP contribution >= 0.6 is 0 Å². The maximum atomic E-state index is 12.1. The molecule has 6 heteroatoms.